The zero-order valence-electron chi connectivity index (χ0n) is 8.40. The van der Waals surface area contributed by atoms with E-state index in [1.165, 1.54) is 0 Å². The number of aliphatic hydroxyl groups is 2. The van der Waals surface area contributed by atoms with E-state index >= 15 is 0 Å². The highest BCUT2D eigenvalue weighted by Crippen LogP contribution is 2.22. The Kier molecular flexibility index (Phi) is 3.67. The maximum atomic E-state index is 9.72. The number of aliphatic hydroxyl groups excluding tert-OH is 2. The van der Waals surface area contributed by atoms with Crippen molar-refractivity contribution in [3.63, 3.8) is 0 Å². The fourth-order valence-electron chi connectivity index (χ4n) is 1.90. The molecular formula is C9H19NO3. The molecule has 0 saturated carbocycles. The van der Waals surface area contributed by atoms with Gasteiger partial charge >= 0.3 is 0 Å². The molecule has 3 N–H and O–H groups in total. The van der Waals surface area contributed by atoms with Gasteiger partial charge in [-0.1, -0.05) is 13.8 Å². The highest BCUT2D eigenvalue weighted by atomic mass is 16.5. The van der Waals surface area contributed by atoms with Crippen molar-refractivity contribution >= 4 is 0 Å². The van der Waals surface area contributed by atoms with Crippen molar-refractivity contribution in [2.24, 2.45) is 5.92 Å². The highest BCUT2D eigenvalue weighted by Gasteiger charge is 2.42. The SMILES string of the molecule is COC1C(O)C(CO)NC1C(C)C. The smallest absolute Gasteiger partial charge is 0.100 e. The second kappa shape index (κ2) is 4.37. The van der Waals surface area contributed by atoms with Crippen molar-refractivity contribution in [3.8, 4) is 0 Å². The van der Waals surface area contributed by atoms with Crippen LogP contribution in [0.4, 0.5) is 0 Å². The van der Waals surface area contributed by atoms with Gasteiger partial charge in [0.2, 0.25) is 0 Å². The molecule has 0 aromatic heterocycles. The summed E-state index contributed by atoms with van der Waals surface area (Å²) in [6, 6.07) is -0.130. The zero-order chi connectivity index (χ0) is 10.0. The van der Waals surface area contributed by atoms with Gasteiger partial charge in [0.05, 0.1) is 18.8 Å². The Balaban J connectivity index is 2.66. The quantitative estimate of drug-likeness (QED) is 0.552. The van der Waals surface area contributed by atoms with E-state index in [1.807, 2.05) is 0 Å². The molecule has 0 bridgehead atoms. The van der Waals surface area contributed by atoms with E-state index in [0.717, 1.165) is 0 Å². The third-order valence-corrected chi connectivity index (χ3v) is 2.70. The molecule has 1 fully saturated rings. The van der Waals surface area contributed by atoms with Gasteiger partial charge in [0.15, 0.2) is 0 Å². The first kappa shape index (κ1) is 10.9. The first-order chi connectivity index (χ1) is 6.11. The van der Waals surface area contributed by atoms with Crippen LogP contribution in [0.25, 0.3) is 0 Å². The maximum Gasteiger partial charge on any atom is 0.100 e. The van der Waals surface area contributed by atoms with Crippen molar-refractivity contribution in [3.05, 3.63) is 0 Å². The van der Waals surface area contributed by atoms with Crippen LogP contribution in [-0.2, 0) is 4.74 Å². The lowest BCUT2D eigenvalue weighted by Crippen LogP contribution is -2.39. The first-order valence-corrected chi connectivity index (χ1v) is 4.69. The Morgan fingerprint density at radius 1 is 1.46 bits per heavy atom. The van der Waals surface area contributed by atoms with E-state index in [2.05, 4.69) is 19.2 Å². The average Bonchev–Trinajstić information content (AvgIpc) is 2.42. The van der Waals surface area contributed by atoms with Crippen LogP contribution in [0.1, 0.15) is 13.8 Å². The summed E-state index contributed by atoms with van der Waals surface area (Å²) in [6.45, 7) is 4.08. The maximum absolute atomic E-state index is 9.72. The van der Waals surface area contributed by atoms with Gasteiger partial charge in [-0.2, -0.15) is 0 Å². The van der Waals surface area contributed by atoms with Crippen molar-refractivity contribution in [1.82, 2.24) is 5.32 Å². The predicted octanol–water partition coefficient (Wildman–Crippen LogP) is -0.649. The standard InChI is InChI=1S/C9H19NO3/c1-5(2)7-9(13-3)8(12)6(4-11)10-7/h5-12H,4H2,1-3H3. The van der Waals surface area contributed by atoms with Gasteiger partial charge in [0.1, 0.15) is 6.10 Å². The Bertz CT molecular complexity index is 163. The summed E-state index contributed by atoms with van der Waals surface area (Å²) in [5.74, 6) is 0.385. The molecule has 1 aliphatic rings. The summed E-state index contributed by atoms with van der Waals surface area (Å²) < 4.78 is 5.21. The van der Waals surface area contributed by atoms with E-state index in [1.54, 1.807) is 7.11 Å². The Hall–Kier alpha value is -0.160. The molecule has 0 aromatic rings. The molecule has 0 spiro atoms. The van der Waals surface area contributed by atoms with Gasteiger partial charge in [-0.25, -0.2) is 0 Å². The number of hydrogen-bond donors (Lipinski definition) is 3. The molecule has 0 aliphatic carbocycles. The Morgan fingerprint density at radius 2 is 2.08 bits per heavy atom. The minimum absolute atomic E-state index is 0.0513. The van der Waals surface area contributed by atoms with E-state index < -0.39 is 6.10 Å². The topological polar surface area (TPSA) is 61.7 Å². The highest BCUT2D eigenvalue weighted by molar-refractivity contribution is 4.99. The largest absolute Gasteiger partial charge is 0.395 e. The zero-order valence-corrected chi connectivity index (χ0v) is 8.40. The second-order valence-electron chi connectivity index (χ2n) is 3.92. The fourth-order valence-corrected chi connectivity index (χ4v) is 1.90. The minimum Gasteiger partial charge on any atom is -0.395 e. The summed E-state index contributed by atoms with van der Waals surface area (Å²) in [5, 5.41) is 21.9. The molecule has 13 heavy (non-hydrogen) atoms. The lowest BCUT2D eigenvalue weighted by molar-refractivity contribution is -0.0144. The Labute approximate surface area is 78.9 Å². The lowest BCUT2D eigenvalue weighted by atomic mass is 9.98. The van der Waals surface area contributed by atoms with Crippen LogP contribution in [0.2, 0.25) is 0 Å². The lowest BCUT2D eigenvalue weighted by Gasteiger charge is -2.22. The average molecular weight is 189 g/mol. The molecule has 78 valence electrons. The van der Waals surface area contributed by atoms with Crippen LogP contribution in [0.5, 0.6) is 0 Å². The van der Waals surface area contributed by atoms with Crippen LogP contribution in [0.3, 0.4) is 0 Å². The van der Waals surface area contributed by atoms with Crippen LogP contribution in [0.15, 0.2) is 0 Å². The molecule has 4 atom stereocenters. The minimum atomic E-state index is -0.609. The number of hydrogen-bond acceptors (Lipinski definition) is 4. The molecule has 0 amide bonds. The van der Waals surface area contributed by atoms with Gasteiger partial charge in [-0.15, -0.1) is 0 Å². The molecule has 0 aromatic carbocycles. The van der Waals surface area contributed by atoms with Crippen molar-refractivity contribution < 1.29 is 14.9 Å². The van der Waals surface area contributed by atoms with Crippen molar-refractivity contribution in [2.75, 3.05) is 13.7 Å². The summed E-state index contributed by atoms with van der Waals surface area (Å²) in [4.78, 5) is 0. The number of rotatable bonds is 3. The molecule has 1 heterocycles. The van der Waals surface area contributed by atoms with Crippen LogP contribution < -0.4 is 5.32 Å². The predicted molar refractivity (Wildman–Crippen MR) is 49.4 cm³/mol. The molecule has 4 nitrogen and oxygen atoms in total. The van der Waals surface area contributed by atoms with E-state index in [0.29, 0.717) is 5.92 Å². The first-order valence-electron chi connectivity index (χ1n) is 4.69. The van der Waals surface area contributed by atoms with Gasteiger partial charge in [-0.05, 0) is 5.92 Å². The number of ether oxygens (including phenoxy) is 1. The van der Waals surface area contributed by atoms with Gasteiger partial charge < -0.3 is 20.3 Å². The molecule has 1 rings (SSSR count). The van der Waals surface area contributed by atoms with E-state index in [-0.39, 0.29) is 24.8 Å². The van der Waals surface area contributed by atoms with E-state index in [4.69, 9.17) is 9.84 Å². The molecule has 4 heteroatoms. The fraction of sp³-hybridized carbons (Fsp3) is 1.00. The van der Waals surface area contributed by atoms with Crippen LogP contribution in [0, 0.1) is 5.92 Å². The monoisotopic (exact) mass is 189 g/mol. The van der Waals surface area contributed by atoms with Crippen LogP contribution in [-0.4, -0.2) is 48.2 Å². The molecule has 1 saturated heterocycles. The van der Waals surface area contributed by atoms with Gasteiger partial charge in [0.25, 0.3) is 0 Å². The van der Waals surface area contributed by atoms with Crippen molar-refractivity contribution in [1.29, 1.82) is 0 Å². The number of nitrogens with one attached hydrogen (secondary N) is 1. The Morgan fingerprint density at radius 3 is 2.38 bits per heavy atom. The van der Waals surface area contributed by atoms with Crippen molar-refractivity contribution in [2.45, 2.75) is 38.1 Å². The van der Waals surface area contributed by atoms with Crippen LogP contribution >= 0.6 is 0 Å². The summed E-state index contributed by atoms with van der Waals surface area (Å²) in [7, 11) is 1.59. The second-order valence-corrected chi connectivity index (χ2v) is 3.92. The molecular weight excluding hydrogens is 170 g/mol. The molecule has 0 radical (unpaired) electrons. The van der Waals surface area contributed by atoms with Gasteiger partial charge in [-0.3, -0.25) is 0 Å². The van der Waals surface area contributed by atoms with E-state index in [9.17, 15) is 5.11 Å². The third-order valence-electron chi connectivity index (χ3n) is 2.70. The summed E-state index contributed by atoms with van der Waals surface area (Å²) in [6.07, 6.45) is -0.820. The van der Waals surface area contributed by atoms with Gasteiger partial charge in [0, 0.05) is 13.2 Å². The molecule has 4 unspecified atom stereocenters. The summed E-state index contributed by atoms with van der Waals surface area (Å²) in [5.41, 5.74) is 0. The third kappa shape index (κ3) is 2.02. The summed E-state index contributed by atoms with van der Waals surface area (Å²) >= 11 is 0. The normalized spacial score (nSPS) is 40.2. The number of methoxy groups -OCH3 is 1. The molecule has 1 aliphatic heterocycles.